The normalized spacial score (nSPS) is 10.9. The lowest BCUT2D eigenvalue weighted by Gasteiger charge is -2.06. The first-order chi connectivity index (χ1) is 11.0. The molecule has 0 radical (unpaired) electrons. The number of nitrogens with zero attached hydrogens (tertiary/aromatic N) is 1. The number of hydrogen-bond acceptors (Lipinski definition) is 4. The zero-order chi connectivity index (χ0) is 16.8. The van der Waals surface area contributed by atoms with Crippen LogP contribution in [-0.4, -0.2) is 16.1 Å². The molecule has 1 amide bonds. The summed E-state index contributed by atoms with van der Waals surface area (Å²) in [6.45, 7) is 0.193. The van der Waals surface area contributed by atoms with Crippen molar-refractivity contribution in [2.24, 2.45) is 0 Å². The minimum absolute atomic E-state index is 0.123. The van der Waals surface area contributed by atoms with Crippen molar-refractivity contribution in [3.63, 3.8) is 0 Å². The van der Waals surface area contributed by atoms with Crippen LogP contribution in [0.3, 0.4) is 0 Å². The molecule has 23 heavy (non-hydrogen) atoms. The maximum absolute atomic E-state index is 12.1. The first-order valence-electron chi connectivity index (χ1n) is 6.66. The second-order valence-corrected chi connectivity index (χ2v) is 5.10. The zero-order valence-corrected chi connectivity index (χ0v) is 12.7. The molecule has 0 unspecified atom stereocenters. The van der Waals surface area contributed by atoms with Crippen LogP contribution in [0.15, 0.2) is 48.0 Å². The number of benzene rings is 2. The number of phenols is 2. The molecule has 5 nitrogen and oxygen atoms in total. The molecule has 0 aromatic heterocycles. The number of nitrogens with one attached hydrogen (secondary N) is 1. The Labute approximate surface area is 138 Å². The Bertz CT molecular complexity index is 810. The van der Waals surface area contributed by atoms with Crippen molar-refractivity contribution < 1.29 is 15.0 Å². The van der Waals surface area contributed by atoms with Gasteiger partial charge in [0.1, 0.15) is 11.6 Å². The maximum atomic E-state index is 12.1. The number of aromatic hydroxyl groups is 2. The molecule has 0 atom stereocenters. The average Bonchev–Trinajstić information content (AvgIpc) is 2.54. The SMILES string of the molecule is N#C/C(=C\c1ccc(O)c(O)c1)C(=O)NCc1ccccc1Cl. The summed E-state index contributed by atoms with van der Waals surface area (Å²) in [4.78, 5) is 12.1. The van der Waals surface area contributed by atoms with E-state index < -0.39 is 5.91 Å². The Morgan fingerprint density at radius 3 is 2.61 bits per heavy atom. The van der Waals surface area contributed by atoms with E-state index in [0.717, 1.165) is 5.56 Å². The van der Waals surface area contributed by atoms with Gasteiger partial charge in [0.2, 0.25) is 0 Å². The zero-order valence-electron chi connectivity index (χ0n) is 12.0. The van der Waals surface area contributed by atoms with Gasteiger partial charge < -0.3 is 15.5 Å². The monoisotopic (exact) mass is 328 g/mol. The molecule has 2 aromatic rings. The molecule has 3 N–H and O–H groups in total. The highest BCUT2D eigenvalue weighted by Gasteiger charge is 2.10. The van der Waals surface area contributed by atoms with Gasteiger partial charge in [-0.2, -0.15) is 5.26 Å². The first-order valence-corrected chi connectivity index (χ1v) is 7.04. The van der Waals surface area contributed by atoms with Crippen LogP contribution in [-0.2, 0) is 11.3 Å². The number of rotatable bonds is 4. The van der Waals surface area contributed by atoms with Crippen molar-refractivity contribution >= 4 is 23.6 Å². The number of nitriles is 1. The van der Waals surface area contributed by atoms with Crippen LogP contribution >= 0.6 is 11.6 Å². The molecule has 0 spiro atoms. The van der Waals surface area contributed by atoms with Crippen molar-refractivity contribution in [2.45, 2.75) is 6.54 Å². The number of carbonyl (C=O) groups is 1. The van der Waals surface area contributed by atoms with E-state index in [0.29, 0.717) is 10.6 Å². The molecule has 0 fully saturated rings. The van der Waals surface area contributed by atoms with E-state index in [9.17, 15) is 15.0 Å². The van der Waals surface area contributed by atoms with Crippen molar-refractivity contribution in [1.82, 2.24) is 5.32 Å². The molecular weight excluding hydrogens is 316 g/mol. The van der Waals surface area contributed by atoms with Gasteiger partial charge in [-0.15, -0.1) is 0 Å². The molecule has 116 valence electrons. The quantitative estimate of drug-likeness (QED) is 0.457. The van der Waals surface area contributed by atoms with Crippen LogP contribution in [0.4, 0.5) is 0 Å². The Balaban J connectivity index is 2.12. The topological polar surface area (TPSA) is 93.3 Å². The molecule has 0 bridgehead atoms. The minimum Gasteiger partial charge on any atom is -0.504 e. The van der Waals surface area contributed by atoms with Crippen LogP contribution in [0, 0.1) is 11.3 Å². The molecule has 2 rings (SSSR count). The summed E-state index contributed by atoms with van der Waals surface area (Å²) in [7, 11) is 0. The molecule has 0 heterocycles. The summed E-state index contributed by atoms with van der Waals surface area (Å²) < 4.78 is 0. The second kappa shape index (κ2) is 7.34. The van der Waals surface area contributed by atoms with E-state index in [-0.39, 0.29) is 23.6 Å². The maximum Gasteiger partial charge on any atom is 0.262 e. The molecule has 0 aliphatic heterocycles. The van der Waals surface area contributed by atoms with Gasteiger partial charge in [-0.05, 0) is 35.4 Å². The number of phenolic OH excluding ortho intramolecular Hbond substituents is 2. The summed E-state index contributed by atoms with van der Waals surface area (Å²) >= 11 is 6.00. The van der Waals surface area contributed by atoms with Gasteiger partial charge in [-0.1, -0.05) is 35.9 Å². The van der Waals surface area contributed by atoms with Gasteiger partial charge in [0.15, 0.2) is 11.5 Å². The van der Waals surface area contributed by atoms with E-state index >= 15 is 0 Å². The molecule has 0 aliphatic carbocycles. The highest BCUT2D eigenvalue weighted by molar-refractivity contribution is 6.31. The van der Waals surface area contributed by atoms with Crippen molar-refractivity contribution in [3.8, 4) is 17.6 Å². The third kappa shape index (κ3) is 4.25. The van der Waals surface area contributed by atoms with Gasteiger partial charge in [0.05, 0.1) is 0 Å². The van der Waals surface area contributed by atoms with E-state index in [1.807, 2.05) is 6.07 Å². The Kier molecular flexibility index (Phi) is 5.23. The molecule has 0 saturated carbocycles. The van der Waals surface area contributed by atoms with Gasteiger partial charge in [-0.3, -0.25) is 4.79 Å². The lowest BCUT2D eigenvalue weighted by Crippen LogP contribution is -2.24. The van der Waals surface area contributed by atoms with E-state index in [1.54, 1.807) is 24.3 Å². The number of amides is 1. The summed E-state index contributed by atoms with van der Waals surface area (Å²) in [5, 5.41) is 30.9. The smallest absolute Gasteiger partial charge is 0.262 e. The fourth-order valence-corrected chi connectivity index (χ4v) is 2.06. The van der Waals surface area contributed by atoms with E-state index in [1.165, 1.54) is 24.3 Å². The summed E-state index contributed by atoms with van der Waals surface area (Å²) in [6, 6.07) is 12.9. The third-order valence-electron chi connectivity index (χ3n) is 3.07. The Hall–Kier alpha value is -2.97. The van der Waals surface area contributed by atoms with Crippen molar-refractivity contribution in [2.75, 3.05) is 0 Å². The predicted octanol–water partition coefficient (Wildman–Crippen LogP) is 2.97. The third-order valence-corrected chi connectivity index (χ3v) is 3.44. The Morgan fingerprint density at radius 1 is 1.22 bits per heavy atom. The standard InChI is InChI=1S/C17H13ClN2O3/c18-14-4-2-1-3-12(14)10-20-17(23)13(9-19)7-11-5-6-15(21)16(22)8-11/h1-8,21-22H,10H2,(H,20,23)/b13-7+. The van der Waals surface area contributed by atoms with Crippen molar-refractivity contribution in [1.29, 1.82) is 5.26 Å². The molecule has 0 aliphatic rings. The highest BCUT2D eigenvalue weighted by atomic mass is 35.5. The number of carbonyl (C=O) groups excluding carboxylic acids is 1. The summed E-state index contributed by atoms with van der Waals surface area (Å²) in [6.07, 6.45) is 1.32. The Morgan fingerprint density at radius 2 is 1.96 bits per heavy atom. The van der Waals surface area contributed by atoms with Crippen LogP contribution in [0.25, 0.3) is 6.08 Å². The number of hydrogen-bond donors (Lipinski definition) is 3. The van der Waals surface area contributed by atoms with Crippen LogP contribution in [0.1, 0.15) is 11.1 Å². The predicted molar refractivity (Wildman–Crippen MR) is 86.7 cm³/mol. The summed E-state index contributed by atoms with van der Waals surface area (Å²) in [5.74, 6) is -1.16. The second-order valence-electron chi connectivity index (χ2n) is 4.69. The minimum atomic E-state index is -0.556. The van der Waals surface area contributed by atoms with Crippen LogP contribution in [0.5, 0.6) is 11.5 Å². The van der Waals surface area contributed by atoms with Crippen LogP contribution < -0.4 is 5.32 Å². The van der Waals surface area contributed by atoms with Crippen LogP contribution in [0.2, 0.25) is 5.02 Å². The molecule has 0 saturated heterocycles. The van der Waals surface area contributed by atoms with Gasteiger partial charge in [0, 0.05) is 11.6 Å². The molecule has 2 aromatic carbocycles. The average molecular weight is 329 g/mol. The van der Waals surface area contributed by atoms with Gasteiger partial charge >= 0.3 is 0 Å². The molecule has 6 heteroatoms. The summed E-state index contributed by atoms with van der Waals surface area (Å²) in [5.41, 5.74) is 1.04. The molecular formula is C17H13ClN2O3. The van der Waals surface area contributed by atoms with E-state index in [2.05, 4.69) is 5.32 Å². The highest BCUT2D eigenvalue weighted by Crippen LogP contribution is 2.25. The fourth-order valence-electron chi connectivity index (χ4n) is 1.86. The largest absolute Gasteiger partial charge is 0.504 e. The lowest BCUT2D eigenvalue weighted by atomic mass is 10.1. The van der Waals surface area contributed by atoms with Gasteiger partial charge in [-0.25, -0.2) is 0 Å². The fraction of sp³-hybridized carbons (Fsp3) is 0.0588. The number of halogens is 1. The van der Waals surface area contributed by atoms with Gasteiger partial charge in [0.25, 0.3) is 5.91 Å². The lowest BCUT2D eigenvalue weighted by molar-refractivity contribution is -0.117. The van der Waals surface area contributed by atoms with E-state index in [4.69, 9.17) is 16.9 Å². The van der Waals surface area contributed by atoms with Crippen molar-refractivity contribution in [3.05, 3.63) is 64.2 Å². The first kappa shape index (κ1) is 16.4.